The Labute approximate surface area is 112 Å². The van der Waals surface area contributed by atoms with Crippen molar-refractivity contribution in [3.05, 3.63) is 47.4 Å². The molecule has 4 nitrogen and oxygen atoms in total. The minimum Gasteiger partial charge on any atom is -0.504 e. The number of ether oxygens (including phenoxy) is 3. The van der Waals surface area contributed by atoms with Gasteiger partial charge in [-0.1, -0.05) is 12.1 Å². The molecule has 1 N–H and O–H groups in total. The van der Waals surface area contributed by atoms with Crippen LogP contribution in [0.5, 0.6) is 11.5 Å². The number of hydrogen-bond donors (Lipinski definition) is 1. The third-order valence-electron chi connectivity index (χ3n) is 3.21. The van der Waals surface area contributed by atoms with Gasteiger partial charge in [-0.25, -0.2) is 0 Å². The Morgan fingerprint density at radius 3 is 2.16 bits per heavy atom. The van der Waals surface area contributed by atoms with Gasteiger partial charge in [0, 0.05) is 11.5 Å². The summed E-state index contributed by atoms with van der Waals surface area (Å²) in [6.45, 7) is 0. The van der Waals surface area contributed by atoms with Crippen LogP contribution in [0.3, 0.4) is 0 Å². The van der Waals surface area contributed by atoms with Crippen LogP contribution in [0.15, 0.2) is 41.9 Å². The number of phenolic OH excluding ortho intramolecular Hbond substituents is 1. The largest absolute Gasteiger partial charge is 0.504 e. The first kappa shape index (κ1) is 13.3. The van der Waals surface area contributed by atoms with E-state index in [9.17, 15) is 5.11 Å². The summed E-state index contributed by atoms with van der Waals surface area (Å²) in [7, 11) is 4.80. The fraction of sp³-hybridized carbons (Fsp3) is 0.333. The second-order valence-electron chi connectivity index (χ2n) is 4.27. The number of allylic oxidation sites excluding steroid dienone is 2. The summed E-state index contributed by atoms with van der Waals surface area (Å²) in [5.74, 6) is 2.17. The maximum atomic E-state index is 10.2. The van der Waals surface area contributed by atoms with E-state index in [4.69, 9.17) is 14.2 Å². The van der Waals surface area contributed by atoms with E-state index in [1.54, 1.807) is 20.3 Å². The minimum atomic E-state index is -0.0891. The summed E-state index contributed by atoms with van der Waals surface area (Å²) >= 11 is 0. The highest BCUT2D eigenvalue weighted by molar-refractivity contribution is 5.50. The van der Waals surface area contributed by atoms with E-state index >= 15 is 0 Å². The smallest absolute Gasteiger partial charge is 0.161 e. The van der Waals surface area contributed by atoms with Crippen molar-refractivity contribution in [3.8, 4) is 11.5 Å². The van der Waals surface area contributed by atoms with E-state index < -0.39 is 0 Å². The number of phenols is 1. The van der Waals surface area contributed by atoms with Gasteiger partial charge in [0.15, 0.2) is 11.5 Å². The van der Waals surface area contributed by atoms with Gasteiger partial charge in [0.05, 0.1) is 39.3 Å². The highest BCUT2D eigenvalue weighted by Gasteiger charge is 2.20. The molecule has 0 aromatic heterocycles. The molecule has 1 aromatic carbocycles. The first-order chi connectivity index (χ1) is 9.19. The molecule has 2 rings (SSSR count). The molecule has 4 heteroatoms. The maximum absolute atomic E-state index is 10.2. The van der Waals surface area contributed by atoms with Gasteiger partial charge in [-0.2, -0.15) is 0 Å². The third kappa shape index (κ3) is 2.67. The molecule has 19 heavy (non-hydrogen) atoms. The van der Waals surface area contributed by atoms with Crippen molar-refractivity contribution < 1.29 is 19.3 Å². The maximum Gasteiger partial charge on any atom is 0.161 e. The van der Waals surface area contributed by atoms with Crippen molar-refractivity contribution in [2.75, 3.05) is 21.3 Å². The SMILES string of the molecule is COC1=CC(c2cccc(OC)c2O)C=C(OC)C1. The van der Waals surface area contributed by atoms with Crippen LogP contribution >= 0.6 is 0 Å². The van der Waals surface area contributed by atoms with Gasteiger partial charge in [0.1, 0.15) is 0 Å². The second-order valence-corrected chi connectivity index (χ2v) is 4.27. The molecule has 0 radical (unpaired) electrons. The molecule has 0 amide bonds. The lowest BCUT2D eigenvalue weighted by molar-refractivity contribution is 0.231. The topological polar surface area (TPSA) is 47.9 Å². The lowest BCUT2D eigenvalue weighted by atomic mass is 9.92. The summed E-state index contributed by atoms with van der Waals surface area (Å²) < 4.78 is 15.7. The van der Waals surface area contributed by atoms with Gasteiger partial charge >= 0.3 is 0 Å². The highest BCUT2D eigenvalue weighted by Crippen LogP contribution is 2.38. The van der Waals surface area contributed by atoms with Crippen LogP contribution in [-0.2, 0) is 9.47 Å². The van der Waals surface area contributed by atoms with Gasteiger partial charge in [-0.05, 0) is 18.2 Å². The summed E-state index contributed by atoms with van der Waals surface area (Å²) in [4.78, 5) is 0. The predicted octanol–water partition coefficient (Wildman–Crippen LogP) is 2.95. The number of methoxy groups -OCH3 is 3. The number of rotatable bonds is 4. The van der Waals surface area contributed by atoms with Crippen molar-refractivity contribution in [2.24, 2.45) is 0 Å². The van der Waals surface area contributed by atoms with Gasteiger partial charge in [-0.3, -0.25) is 0 Å². The van der Waals surface area contributed by atoms with E-state index in [1.165, 1.54) is 7.11 Å². The molecule has 1 aliphatic rings. The van der Waals surface area contributed by atoms with E-state index in [2.05, 4.69) is 0 Å². The monoisotopic (exact) mass is 262 g/mol. The van der Waals surface area contributed by atoms with Gasteiger partial charge in [0.25, 0.3) is 0 Å². The lowest BCUT2D eigenvalue weighted by Gasteiger charge is -2.21. The molecule has 0 unspecified atom stereocenters. The fourth-order valence-corrected chi connectivity index (χ4v) is 2.17. The van der Waals surface area contributed by atoms with Gasteiger partial charge in [-0.15, -0.1) is 0 Å². The van der Waals surface area contributed by atoms with Gasteiger partial charge < -0.3 is 19.3 Å². The van der Waals surface area contributed by atoms with Crippen LogP contribution in [0.2, 0.25) is 0 Å². The van der Waals surface area contributed by atoms with E-state index in [0.717, 1.165) is 17.1 Å². The Bertz CT molecular complexity index is 497. The second kappa shape index (κ2) is 5.69. The van der Waals surface area contributed by atoms with Crippen LogP contribution in [0.4, 0.5) is 0 Å². The number of benzene rings is 1. The molecule has 0 saturated carbocycles. The standard InChI is InChI=1S/C15H18O4/c1-17-11-7-10(8-12(9-11)18-2)13-5-4-6-14(19-3)15(13)16/h4-8,10,16H,9H2,1-3H3. The van der Waals surface area contributed by atoms with Crippen molar-refractivity contribution in [3.63, 3.8) is 0 Å². The molecule has 0 saturated heterocycles. The molecule has 0 atom stereocenters. The van der Waals surface area contributed by atoms with Crippen LogP contribution in [0.25, 0.3) is 0 Å². The fourth-order valence-electron chi connectivity index (χ4n) is 2.17. The van der Waals surface area contributed by atoms with Crippen molar-refractivity contribution in [1.29, 1.82) is 0 Å². The van der Waals surface area contributed by atoms with Crippen LogP contribution in [0, 0.1) is 0 Å². The zero-order chi connectivity index (χ0) is 13.8. The Kier molecular flexibility index (Phi) is 4.00. The first-order valence-electron chi connectivity index (χ1n) is 6.04. The normalized spacial score (nSPS) is 15.5. The summed E-state index contributed by atoms with van der Waals surface area (Å²) in [5, 5.41) is 10.2. The molecule has 102 valence electrons. The van der Waals surface area contributed by atoms with Crippen molar-refractivity contribution in [2.45, 2.75) is 12.3 Å². The highest BCUT2D eigenvalue weighted by atomic mass is 16.5. The van der Waals surface area contributed by atoms with Crippen LogP contribution < -0.4 is 4.74 Å². The average Bonchev–Trinajstić information content (AvgIpc) is 2.46. The minimum absolute atomic E-state index is 0.0891. The molecule has 0 spiro atoms. The van der Waals surface area contributed by atoms with E-state index in [0.29, 0.717) is 12.2 Å². The molecule has 0 fully saturated rings. The summed E-state index contributed by atoms with van der Waals surface area (Å²) in [5.41, 5.74) is 0.767. The Morgan fingerprint density at radius 1 is 1.00 bits per heavy atom. The Balaban J connectivity index is 2.42. The van der Waals surface area contributed by atoms with Crippen LogP contribution in [-0.4, -0.2) is 26.4 Å². The molecular weight excluding hydrogens is 244 g/mol. The number of para-hydroxylation sites is 1. The molecule has 1 aliphatic carbocycles. The summed E-state index contributed by atoms with van der Waals surface area (Å²) in [6.07, 6.45) is 4.57. The average molecular weight is 262 g/mol. The molecule has 0 heterocycles. The van der Waals surface area contributed by atoms with Gasteiger partial charge in [0.2, 0.25) is 0 Å². The summed E-state index contributed by atoms with van der Waals surface area (Å²) in [6, 6.07) is 5.44. The molecule has 0 aliphatic heterocycles. The first-order valence-corrected chi connectivity index (χ1v) is 6.04. The van der Waals surface area contributed by atoms with Crippen molar-refractivity contribution in [1.82, 2.24) is 0 Å². The van der Waals surface area contributed by atoms with E-state index in [1.807, 2.05) is 24.3 Å². The molecule has 1 aromatic rings. The van der Waals surface area contributed by atoms with Crippen LogP contribution in [0.1, 0.15) is 17.9 Å². The Hall–Kier alpha value is -2.10. The number of hydrogen-bond acceptors (Lipinski definition) is 4. The Morgan fingerprint density at radius 2 is 1.63 bits per heavy atom. The van der Waals surface area contributed by atoms with Crippen molar-refractivity contribution >= 4 is 0 Å². The molecule has 0 bridgehead atoms. The lowest BCUT2D eigenvalue weighted by Crippen LogP contribution is -2.05. The zero-order valence-corrected chi connectivity index (χ0v) is 11.3. The third-order valence-corrected chi connectivity index (χ3v) is 3.21. The quantitative estimate of drug-likeness (QED) is 0.906. The van der Waals surface area contributed by atoms with E-state index in [-0.39, 0.29) is 11.7 Å². The zero-order valence-electron chi connectivity index (χ0n) is 11.3. The number of aromatic hydroxyl groups is 1. The molecular formula is C15H18O4. The predicted molar refractivity (Wildman–Crippen MR) is 72.2 cm³/mol.